The van der Waals surface area contributed by atoms with Crippen molar-refractivity contribution in [1.82, 2.24) is 34.5 Å². The Balaban J connectivity index is 1.61. The highest BCUT2D eigenvalue weighted by Gasteiger charge is 2.37. The van der Waals surface area contributed by atoms with Gasteiger partial charge >= 0.3 is 0 Å². The van der Waals surface area contributed by atoms with Gasteiger partial charge in [0.05, 0.1) is 23.6 Å². The van der Waals surface area contributed by atoms with Crippen molar-refractivity contribution in [2.75, 3.05) is 5.73 Å². The minimum absolute atomic E-state index is 0.159. The molecule has 10 heteroatoms. The Morgan fingerprint density at radius 1 is 0.974 bits per heavy atom. The number of nitrogens with zero attached hydrogens (tertiary/aromatic N) is 7. The van der Waals surface area contributed by atoms with Gasteiger partial charge in [0, 0.05) is 18.9 Å². The van der Waals surface area contributed by atoms with Crippen LogP contribution in [0.2, 0.25) is 18.1 Å². The first-order chi connectivity index (χ1) is 17.9. The van der Waals surface area contributed by atoms with Crippen LogP contribution in [-0.4, -0.2) is 42.8 Å². The van der Waals surface area contributed by atoms with E-state index in [4.69, 9.17) is 20.1 Å². The number of nitrogens with two attached hydrogens (primary N) is 1. The number of aromatic nitrogens is 7. The van der Waals surface area contributed by atoms with Gasteiger partial charge in [-0.3, -0.25) is 4.57 Å². The van der Waals surface area contributed by atoms with Crippen molar-refractivity contribution in [2.45, 2.75) is 52.4 Å². The topological polar surface area (TPSA) is 110 Å². The summed E-state index contributed by atoms with van der Waals surface area (Å²) in [4.78, 5) is 15.8. The predicted octanol–water partition coefficient (Wildman–Crippen LogP) is 5.69. The smallest absolute Gasteiger partial charge is 0.192 e. The molecule has 0 spiro atoms. The number of rotatable bonds is 6. The van der Waals surface area contributed by atoms with E-state index in [9.17, 15) is 0 Å². The summed E-state index contributed by atoms with van der Waals surface area (Å²) >= 11 is 0. The molecule has 0 unspecified atom stereocenters. The highest BCUT2D eigenvalue weighted by atomic mass is 28.4. The largest absolute Gasteiger partial charge is 0.413 e. The summed E-state index contributed by atoms with van der Waals surface area (Å²) in [5.74, 6) is 1.09. The lowest BCUT2D eigenvalue weighted by Gasteiger charge is -2.36. The van der Waals surface area contributed by atoms with Crippen LogP contribution in [0.4, 0.5) is 5.82 Å². The molecular weight excluding hydrogens is 492 g/mol. The lowest BCUT2D eigenvalue weighted by atomic mass is 10.2. The van der Waals surface area contributed by atoms with E-state index in [-0.39, 0.29) is 5.04 Å². The maximum Gasteiger partial charge on any atom is 0.192 e. The van der Waals surface area contributed by atoms with Crippen molar-refractivity contribution in [3.05, 3.63) is 66.0 Å². The number of fused-ring (bicyclic) bond motifs is 1. The van der Waals surface area contributed by atoms with Crippen LogP contribution < -0.4 is 5.73 Å². The van der Waals surface area contributed by atoms with Crippen LogP contribution in [0.25, 0.3) is 39.6 Å². The molecule has 0 radical (unpaired) electrons. The third kappa shape index (κ3) is 4.72. The Bertz CT molecular complexity index is 1610. The Labute approximate surface area is 223 Å². The molecule has 5 aromatic rings. The molecular formula is C28H34N8OSi. The quantitative estimate of drug-likeness (QED) is 0.283. The Hall–Kier alpha value is -3.89. The monoisotopic (exact) mass is 526 g/mol. The maximum atomic E-state index is 6.44. The maximum absolute atomic E-state index is 6.44. The molecule has 1 aromatic carbocycles. The van der Waals surface area contributed by atoms with Crippen LogP contribution >= 0.6 is 0 Å². The normalized spacial score (nSPS) is 12.4. The number of pyridine rings is 2. The van der Waals surface area contributed by atoms with E-state index in [2.05, 4.69) is 73.3 Å². The number of imidazole rings is 1. The van der Waals surface area contributed by atoms with Crippen LogP contribution in [0.15, 0.2) is 54.7 Å². The first-order valence-electron chi connectivity index (χ1n) is 12.7. The summed E-state index contributed by atoms with van der Waals surface area (Å²) in [7, 11) is -0.0458. The van der Waals surface area contributed by atoms with Crippen LogP contribution in [-0.2, 0) is 18.1 Å². The van der Waals surface area contributed by atoms with E-state index < -0.39 is 8.32 Å². The highest BCUT2D eigenvalue weighted by Crippen LogP contribution is 2.37. The first-order valence-corrected chi connectivity index (χ1v) is 15.6. The van der Waals surface area contributed by atoms with Crippen molar-refractivity contribution in [2.24, 2.45) is 7.05 Å². The molecule has 38 heavy (non-hydrogen) atoms. The van der Waals surface area contributed by atoms with Gasteiger partial charge in [-0.15, -0.1) is 0 Å². The van der Waals surface area contributed by atoms with Crippen molar-refractivity contribution >= 4 is 25.3 Å². The molecule has 0 bridgehead atoms. The zero-order valence-electron chi connectivity index (χ0n) is 23.0. The Morgan fingerprint density at radius 3 is 2.34 bits per heavy atom. The summed E-state index contributed by atoms with van der Waals surface area (Å²) in [5.41, 5.74) is 12.8. The lowest BCUT2D eigenvalue weighted by Crippen LogP contribution is -2.40. The molecule has 0 atom stereocenters. The Kier molecular flexibility index (Phi) is 6.40. The van der Waals surface area contributed by atoms with Gasteiger partial charge in [-0.25, -0.2) is 15.0 Å². The lowest BCUT2D eigenvalue weighted by molar-refractivity contribution is 0.276. The first kappa shape index (κ1) is 25.7. The highest BCUT2D eigenvalue weighted by molar-refractivity contribution is 6.74. The van der Waals surface area contributed by atoms with Gasteiger partial charge in [0.15, 0.2) is 19.8 Å². The fourth-order valence-electron chi connectivity index (χ4n) is 4.08. The minimum Gasteiger partial charge on any atom is -0.413 e. The minimum atomic E-state index is -1.85. The van der Waals surface area contributed by atoms with Gasteiger partial charge in [-0.1, -0.05) is 32.9 Å². The SMILES string of the molecule is Cc1nn(C)nc1-c1ccc2nc(-c3cccnc3N)n(-c3ccc(CO[Si](C)(C)C(C)(C)C)cc3)c2n1. The van der Waals surface area contributed by atoms with Gasteiger partial charge < -0.3 is 10.2 Å². The van der Waals surface area contributed by atoms with E-state index in [1.165, 1.54) is 0 Å². The number of hydrogen-bond acceptors (Lipinski definition) is 7. The molecule has 0 aliphatic carbocycles. The third-order valence-electron chi connectivity index (χ3n) is 7.31. The van der Waals surface area contributed by atoms with Crippen LogP contribution in [0.3, 0.4) is 0 Å². The van der Waals surface area contributed by atoms with E-state index in [0.717, 1.165) is 39.4 Å². The summed E-state index contributed by atoms with van der Waals surface area (Å²) in [5, 5.41) is 9.05. The predicted molar refractivity (Wildman–Crippen MR) is 153 cm³/mol. The van der Waals surface area contributed by atoms with Gasteiger partial charge in [0.1, 0.15) is 17.0 Å². The zero-order chi connectivity index (χ0) is 27.2. The fraction of sp³-hybridized carbons (Fsp3) is 0.321. The van der Waals surface area contributed by atoms with Crippen LogP contribution in [0.5, 0.6) is 0 Å². The molecule has 0 saturated heterocycles. The molecule has 0 amide bonds. The molecule has 5 rings (SSSR count). The van der Waals surface area contributed by atoms with Crippen molar-refractivity contribution in [3.63, 3.8) is 0 Å². The standard InChI is InChI=1S/C28H34N8OSi/c1-18-24(34-35(5)33-18)22-14-15-23-27(31-22)36(26(32-23)21-9-8-16-30-25(21)29)20-12-10-19(11-13-20)17-37-38(6,7)28(2,3)4/h8-16H,17H2,1-7H3,(H2,29,30). The molecule has 2 N–H and O–H groups in total. The molecule has 4 heterocycles. The molecule has 9 nitrogen and oxygen atoms in total. The van der Waals surface area contributed by atoms with Gasteiger partial charge in [-0.05, 0) is 67.0 Å². The fourth-order valence-corrected chi connectivity index (χ4v) is 5.04. The van der Waals surface area contributed by atoms with Gasteiger partial charge in [0.2, 0.25) is 0 Å². The molecule has 0 aliphatic rings. The van der Waals surface area contributed by atoms with Crippen molar-refractivity contribution in [1.29, 1.82) is 0 Å². The van der Waals surface area contributed by atoms with Crippen LogP contribution in [0, 0.1) is 6.92 Å². The van der Waals surface area contributed by atoms with Crippen LogP contribution in [0.1, 0.15) is 32.0 Å². The number of anilines is 1. The zero-order valence-corrected chi connectivity index (χ0v) is 24.0. The summed E-state index contributed by atoms with van der Waals surface area (Å²) in [6.45, 7) is 13.8. The second kappa shape index (κ2) is 9.45. The average Bonchev–Trinajstić information content (AvgIpc) is 3.41. The molecule has 0 aliphatic heterocycles. The number of aryl methyl sites for hydroxylation is 2. The third-order valence-corrected chi connectivity index (χ3v) is 11.8. The second-order valence-electron chi connectivity index (χ2n) is 11.1. The number of nitrogen functional groups attached to an aromatic ring is 1. The molecule has 4 aromatic heterocycles. The van der Waals surface area contributed by atoms with E-state index in [0.29, 0.717) is 23.9 Å². The average molecular weight is 527 g/mol. The van der Waals surface area contributed by atoms with Crippen molar-refractivity contribution < 1.29 is 4.43 Å². The summed E-state index contributed by atoms with van der Waals surface area (Å²) in [6, 6.07) is 16.0. The van der Waals surface area contributed by atoms with E-state index in [1.54, 1.807) is 18.0 Å². The Morgan fingerprint density at radius 2 is 1.71 bits per heavy atom. The second-order valence-corrected chi connectivity index (χ2v) is 15.9. The molecule has 0 fully saturated rings. The van der Waals surface area contributed by atoms with Crippen molar-refractivity contribution in [3.8, 4) is 28.5 Å². The molecule has 196 valence electrons. The van der Waals surface area contributed by atoms with Gasteiger partial charge in [-0.2, -0.15) is 15.0 Å². The van der Waals surface area contributed by atoms with Gasteiger partial charge in [0.25, 0.3) is 0 Å². The van der Waals surface area contributed by atoms with E-state index >= 15 is 0 Å². The number of benzene rings is 1. The summed E-state index contributed by atoms with van der Waals surface area (Å²) in [6.07, 6.45) is 1.68. The summed E-state index contributed by atoms with van der Waals surface area (Å²) < 4.78 is 8.46. The van der Waals surface area contributed by atoms with E-state index in [1.807, 2.05) is 35.8 Å². The molecule has 0 saturated carbocycles. The number of hydrogen-bond donors (Lipinski definition) is 1.